The SMILES string of the molecule is CCc1ocnc1C(=O)N[C@@H](Cc1ccccc1)C(=O)O. The van der Waals surface area contributed by atoms with Crippen LogP contribution >= 0.6 is 0 Å². The molecule has 0 saturated heterocycles. The van der Waals surface area contributed by atoms with Gasteiger partial charge in [-0.25, -0.2) is 9.78 Å². The maximum absolute atomic E-state index is 12.1. The second-order valence-electron chi connectivity index (χ2n) is 4.53. The number of nitrogens with zero attached hydrogens (tertiary/aromatic N) is 1. The van der Waals surface area contributed by atoms with Crippen LogP contribution in [-0.4, -0.2) is 28.0 Å². The topological polar surface area (TPSA) is 92.4 Å². The largest absolute Gasteiger partial charge is 0.480 e. The molecule has 0 aliphatic heterocycles. The van der Waals surface area contributed by atoms with Crippen molar-refractivity contribution in [2.24, 2.45) is 0 Å². The lowest BCUT2D eigenvalue weighted by Gasteiger charge is -2.14. The Bertz CT molecular complexity index is 622. The Kier molecular flexibility index (Phi) is 4.71. The number of carboxylic acids is 1. The number of aliphatic carboxylic acids is 1. The molecule has 0 saturated carbocycles. The normalized spacial score (nSPS) is 11.9. The van der Waals surface area contributed by atoms with Crippen molar-refractivity contribution in [2.75, 3.05) is 0 Å². The fourth-order valence-electron chi connectivity index (χ4n) is 1.98. The average Bonchev–Trinajstić information content (AvgIpc) is 2.96. The third-order valence-electron chi connectivity index (χ3n) is 3.06. The first-order valence-corrected chi connectivity index (χ1v) is 6.61. The molecular formula is C15H16N2O4. The van der Waals surface area contributed by atoms with Crippen molar-refractivity contribution in [1.29, 1.82) is 0 Å². The van der Waals surface area contributed by atoms with E-state index in [0.717, 1.165) is 5.56 Å². The summed E-state index contributed by atoms with van der Waals surface area (Å²) in [7, 11) is 0. The highest BCUT2D eigenvalue weighted by molar-refractivity contribution is 5.95. The van der Waals surface area contributed by atoms with Gasteiger partial charge in [-0.15, -0.1) is 0 Å². The molecule has 2 aromatic rings. The summed E-state index contributed by atoms with van der Waals surface area (Å²) >= 11 is 0. The van der Waals surface area contributed by atoms with Gasteiger partial charge in [0.1, 0.15) is 11.8 Å². The lowest BCUT2D eigenvalue weighted by Crippen LogP contribution is -2.42. The van der Waals surface area contributed by atoms with Crippen LogP contribution in [0.3, 0.4) is 0 Å². The molecule has 1 amide bonds. The van der Waals surface area contributed by atoms with Gasteiger partial charge in [0.25, 0.3) is 5.91 Å². The number of carbonyl (C=O) groups excluding carboxylic acids is 1. The molecule has 1 atom stereocenters. The van der Waals surface area contributed by atoms with E-state index in [4.69, 9.17) is 4.42 Å². The van der Waals surface area contributed by atoms with Crippen LogP contribution in [-0.2, 0) is 17.6 Å². The number of aromatic nitrogens is 1. The lowest BCUT2D eigenvalue weighted by atomic mass is 10.1. The van der Waals surface area contributed by atoms with Crippen molar-refractivity contribution in [3.8, 4) is 0 Å². The van der Waals surface area contributed by atoms with E-state index in [2.05, 4.69) is 10.3 Å². The molecule has 0 aliphatic carbocycles. The minimum Gasteiger partial charge on any atom is -0.480 e. The predicted octanol–water partition coefficient (Wildman–Crippen LogP) is 1.66. The van der Waals surface area contributed by atoms with Gasteiger partial charge in [0.15, 0.2) is 12.1 Å². The first kappa shape index (κ1) is 14.8. The number of amides is 1. The Labute approximate surface area is 121 Å². The first-order valence-electron chi connectivity index (χ1n) is 6.61. The maximum Gasteiger partial charge on any atom is 0.326 e. The van der Waals surface area contributed by atoms with Gasteiger partial charge in [-0.2, -0.15) is 0 Å². The molecule has 0 bridgehead atoms. The average molecular weight is 288 g/mol. The summed E-state index contributed by atoms with van der Waals surface area (Å²) in [5, 5.41) is 11.7. The number of hydrogen-bond acceptors (Lipinski definition) is 4. The zero-order chi connectivity index (χ0) is 15.2. The van der Waals surface area contributed by atoms with Gasteiger partial charge in [0.2, 0.25) is 0 Å². The monoisotopic (exact) mass is 288 g/mol. The summed E-state index contributed by atoms with van der Waals surface area (Å²) in [6, 6.07) is 8.11. The molecule has 0 spiro atoms. The zero-order valence-electron chi connectivity index (χ0n) is 11.6. The molecule has 1 heterocycles. The third kappa shape index (κ3) is 3.68. The van der Waals surface area contributed by atoms with Crippen LogP contribution in [0, 0.1) is 0 Å². The van der Waals surface area contributed by atoms with Gasteiger partial charge in [-0.3, -0.25) is 4.79 Å². The van der Waals surface area contributed by atoms with Gasteiger partial charge < -0.3 is 14.8 Å². The Morgan fingerprint density at radius 3 is 2.67 bits per heavy atom. The van der Waals surface area contributed by atoms with Crippen molar-refractivity contribution >= 4 is 11.9 Å². The molecule has 0 aliphatic rings. The van der Waals surface area contributed by atoms with Crippen molar-refractivity contribution in [3.05, 3.63) is 53.7 Å². The summed E-state index contributed by atoms with van der Waals surface area (Å²) in [6.45, 7) is 1.83. The molecule has 2 rings (SSSR count). The molecule has 6 heteroatoms. The Hall–Kier alpha value is -2.63. The van der Waals surface area contributed by atoms with E-state index in [9.17, 15) is 14.7 Å². The van der Waals surface area contributed by atoms with Crippen LogP contribution in [0.15, 0.2) is 41.1 Å². The number of rotatable bonds is 6. The van der Waals surface area contributed by atoms with E-state index in [-0.39, 0.29) is 12.1 Å². The molecule has 0 fully saturated rings. The molecule has 0 radical (unpaired) electrons. The summed E-state index contributed by atoms with van der Waals surface area (Å²) in [4.78, 5) is 27.2. The van der Waals surface area contributed by atoms with Crippen molar-refractivity contribution < 1.29 is 19.1 Å². The summed E-state index contributed by atoms with van der Waals surface area (Å²) in [6.07, 6.45) is 1.90. The standard InChI is InChI=1S/C15H16N2O4/c1-2-12-13(16-9-21-12)14(18)17-11(15(19)20)8-10-6-4-3-5-7-10/h3-7,9,11H,2,8H2,1H3,(H,17,18)(H,19,20)/t11-/m0/s1. The smallest absolute Gasteiger partial charge is 0.326 e. The van der Waals surface area contributed by atoms with Gasteiger partial charge in [-0.05, 0) is 5.56 Å². The second-order valence-corrected chi connectivity index (χ2v) is 4.53. The number of aryl methyl sites for hydroxylation is 1. The van der Waals surface area contributed by atoms with Crippen molar-refractivity contribution in [3.63, 3.8) is 0 Å². The second kappa shape index (κ2) is 6.69. The van der Waals surface area contributed by atoms with Gasteiger partial charge in [-0.1, -0.05) is 37.3 Å². The Morgan fingerprint density at radius 2 is 2.05 bits per heavy atom. The van der Waals surface area contributed by atoms with Crippen molar-refractivity contribution in [2.45, 2.75) is 25.8 Å². The molecule has 6 nitrogen and oxygen atoms in total. The van der Waals surface area contributed by atoms with E-state index in [1.807, 2.05) is 37.3 Å². The van der Waals surface area contributed by atoms with Crippen molar-refractivity contribution in [1.82, 2.24) is 10.3 Å². The van der Waals surface area contributed by atoms with Crippen LogP contribution in [0.4, 0.5) is 0 Å². The quantitative estimate of drug-likeness (QED) is 0.843. The highest BCUT2D eigenvalue weighted by Crippen LogP contribution is 2.09. The minimum absolute atomic E-state index is 0.136. The van der Waals surface area contributed by atoms with Gasteiger partial charge in [0.05, 0.1) is 0 Å². The fourth-order valence-corrected chi connectivity index (χ4v) is 1.98. The van der Waals surface area contributed by atoms with E-state index < -0.39 is 17.9 Å². The number of oxazole rings is 1. The van der Waals surface area contributed by atoms with E-state index in [0.29, 0.717) is 12.2 Å². The van der Waals surface area contributed by atoms with Crippen LogP contribution < -0.4 is 5.32 Å². The van der Waals surface area contributed by atoms with Crippen LogP contribution in [0.2, 0.25) is 0 Å². The molecule has 21 heavy (non-hydrogen) atoms. The van der Waals surface area contributed by atoms with Gasteiger partial charge >= 0.3 is 5.97 Å². The fraction of sp³-hybridized carbons (Fsp3) is 0.267. The highest BCUT2D eigenvalue weighted by atomic mass is 16.4. The first-order chi connectivity index (χ1) is 10.1. The zero-order valence-corrected chi connectivity index (χ0v) is 11.6. The van der Waals surface area contributed by atoms with E-state index >= 15 is 0 Å². The molecule has 0 unspecified atom stereocenters. The van der Waals surface area contributed by atoms with Gasteiger partial charge in [0, 0.05) is 12.8 Å². The highest BCUT2D eigenvalue weighted by Gasteiger charge is 2.24. The van der Waals surface area contributed by atoms with E-state index in [1.54, 1.807) is 0 Å². The molecule has 2 N–H and O–H groups in total. The number of carboxylic acid groups (broad SMARTS) is 1. The number of nitrogens with one attached hydrogen (secondary N) is 1. The summed E-state index contributed by atoms with van der Waals surface area (Å²) in [5.41, 5.74) is 0.970. The summed E-state index contributed by atoms with van der Waals surface area (Å²) in [5.74, 6) is -1.19. The predicted molar refractivity (Wildman–Crippen MR) is 74.9 cm³/mol. The number of carbonyl (C=O) groups is 2. The maximum atomic E-state index is 12.1. The van der Waals surface area contributed by atoms with Crippen LogP contribution in [0.5, 0.6) is 0 Å². The van der Waals surface area contributed by atoms with Crippen LogP contribution in [0.25, 0.3) is 0 Å². The number of hydrogen-bond donors (Lipinski definition) is 2. The number of benzene rings is 1. The van der Waals surface area contributed by atoms with E-state index in [1.165, 1.54) is 6.39 Å². The minimum atomic E-state index is -1.09. The molecule has 110 valence electrons. The molecule has 1 aromatic heterocycles. The molecule has 1 aromatic carbocycles. The summed E-state index contributed by atoms with van der Waals surface area (Å²) < 4.78 is 5.08. The molecular weight excluding hydrogens is 272 g/mol. The lowest BCUT2D eigenvalue weighted by molar-refractivity contribution is -0.139. The van der Waals surface area contributed by atoms with Crippen LogP contribution in [0.1, 0.15) is 28.7 Å². The Morgan fingerprint density at radius 1 is 1.33 bits per heavy atom. The Balaban J connectivity index is 2.10. The third-order valence-corrected chi connectivity index (χ3v) is 3.06.